The van der Waals surface area contributed by atoms with Crippen LogP contribution in [0.3, 0.4) is 0 Å². The lowest BCUT2D eigenvalue weighted by molar-refractivity contribution is 0.263. The van der Waals surface area contributed by atoms with Crippen molar-refractivity contribution >= 4 is 11.6 Å². The number of hydrogen-bond acceptors (Lipinski definition) is 1. The minimum atomic E-state index is -0.158. The van der Waals surface area contributed by atoms with Crippen molar-refractivity contribution in [1.29, 1.82) is 0 Å². The van der Waals surface area contributed by atoms with Crippen LogP contribution in [0.5, 0.6) is 0 Å². The molecule has 0 saturated carbocycles. The minimum absolute atomic E-state index is 0.158. The third-order valence-corrected chi connectivity index (χ3v) is 2.85. The Hall–Kier alpha value is -1.41. The monoisotopic (exact) mass is 245 g/mol. The maximum atomic E-state index is 5.79. The van der Waals surface area contributed by atoms with E-state index in [0.29, 0.717) is 0 Å². The first-order valence-electron chi connectivity index (χ1n) is 5.38. The Morgan fingerprint density at radius 2 is 1.65 bits per heavy atom. The van der Waals surface area contributed by atoms with Crippen LogP contribution in [-0.4, -0.2) is 24.5 Å². The van der Waals surface area contributed by atoms with Gasteiger partial charge in [0.1, 0.15) is 0 Å². The lowest BCUT2D eigenvalue weighted by atomic mass is 10.1. The summed E-state index contributed by atoms with van der Waals surface area (Å²) >= 11 is 5.79. The lowest BCUT2D eigenvalue weighted by Gasteiger charge is -2.26. The van der Waals surface area contributed by atoms with E-state index in [1.807, 2.05) is 38.4 Å². The molecular formula is C15H16ClN. The van der Waals surface area contributed by atoms with Crippen LogP contribution in [0.1, 0.15) is 19.4 Å². The van der Waals surface area contributed by atoms with Crippen molar-refractivity contribution in [3.63, 3.8) is 0 Å². The summed E-state index contributed by atoms with van der Waals surface area (Å²) in [7, 11) is 4.00. The van der Waals surface area contributed by atoms with Crippen molar-refractivity contribution in [1.82, 2.24) is 4.90 Å². The van der Waals surface area contributed by atoms with Gasteiger partial charge in [0.15, 0.2) is 0 Å². The number of benzene rings is 1. The van der Waals surface area contributed by atoms with Crippen molar-refractivity contribution in [3.8, 4) is 23.7 Å². The van der Waals surface area contributed by atoms with Crippen LogP contribution in [0.25, 0.3) is 0 Å². The van der Waals surface area contributed by atoms with E-state index in [-0.39, 0.29) is 5.54 Å². The fourth-order valence-electron chi connectivity index (χ4n) is 0.933. The van der Waals surface area contributed by atoms with Gasteiger partial charge in [-0.3, -0.25) is 4.90 Å². The highest BCUT2D eigenvalue weighted by Crippen LogP contribution is 2.08. The Kier molecular flexibility index (Phi) is 4.64. The van der Waals surface area contributed by atoms with Gasteiger partial charge in [-0.25, -0.2) is 0 Å². The summed E-state index contributed by atoms with van der Waals surface area (Å²) in [5.74, 6) is 11.8. The van der Waals surface area contributed by atoms with Crippen LogP contribution >= 0.6 is 11.6 Å². The topological polar surface area (TPSA) is 3.24 Å². The predicted octanol–water partition coefficient (Wildman–Crippen LogP) is 3.04. The van der Waals surface area contributed by atoms with Crippen molar-refractivity contribution in [2.24, 2.45) is 0 Å². The molecule has 0 N–H and O–H groups in total. The zero-order valence-electron chi connectivity index (χ0n) is 10.6. The molecule has 1 rings (SSSR count). The summed E-state index contributed by atoms with van der Waals surface area (Å²) in [6.07, 6.45) is 0. The lowest BCUT2D eigenvalue weighted by Crippen LogP contribution is -2.36. The van der Waals surface area contributed by atoms with Crippen LogP contribution in [0.15, 0.2) is 24.3 Å². The van der Waals surface area contributed by atoms with Gasteiger partial charge in [-0.15, -0.1) is 0 Å². The average molecular weight is 246 g/mol. The number of nitrogens with zero attached hydrogens (tertiary/aromatic N) is 1. The molecule has 0 unspecified atom stereocenters. The Balaban J connectivity index is 2.76. The van der Waals surface area contributed by atoms with Crippen LogP contribution in [0.2, 0.25) is 5.02 Å². The Bertz CT molecular complexity index is 490. The summed E-state index contributed by atoms with van der Waals surface area (Å²) < 4.78 is 0. The highest BCUT2D eigenvalue weighted by molar-refractivity contribution is 6.30. The van der Waals surface area contributed by atoms with Gasteiger partial charge in [0.05, 0.1) is 5.54 Å². The molecule has 0 aromatic heterocycles. The molecule has 1 aromatic rings. The molecule has 17 heavy (non-hydrogen) atoms. The molecule has 88 valence electrons. The van der Waals surface area contributed by atoms with Crippen LogP contribution < -0.4 is 0 Å². The molecule has 0 heterocycles. The fraction of sp³-hybridized carbons (Fsp3) is 0.333. The van der Waals surface area contributed by atoms with Gasteiger partial charge in [0.2, 0.25) is 0 Å². The third kappa shape index (κ3) is 4.53. The zero-order valence-corrected chi connectivity index (χ0v) is 11.4. The molecular weight excluding hydrogens is 230 g/mol. The van der Waals surface area contributed by atoms with E-state index in [1.54, 1.807) is 0 Å². The molecule has 0 aliphatic rings. The Morgan fingerprint density at radius 3 is 2.18 bits per heavy atom. The maximum Gasteiger partial charge on any atom is 0.0774 e. The van der Waals surface area contributed by atoms with Gasteiger partial charge in [0, 0.05) is 10.6 Å². The first-order chi connectivity index (χ1) is 7.92. The summed E-state index contributed by atoms with van der Waals surface area (Å²) in [4.78, 5) is 2.06. The second-order valence-corrected chi connectivity index (χ2v) is 4.90. The number of halogens is 1. The summed E-state index contributed by atoms with van der Waals surface area (Å²) in [6, 6.07) is 7.41. The first-order valence-corrected chi connectivity index (χ1v) is 5.76. The number of hydrogen-bond donors (Lipinski definition) is 0. The van der Waals surface area contributed by atoms with Gasteiger partial charge in [-0.1, -0.05) is 23.4 Å². The molecule has 0 aliphatic heterocycles. The maximum absolute atomic E-state index is 5.79. The van der Waals surface area contributed by atoms with Crippen molar-refractivity contribution in [2.45, 2.75) is 19.4 Å². The smallest absolute Gasteiger partial charge is 0.0774 e. The van der Waals surface area contributed by atoms with Crippen LogP contribution in [0, 0.1) is 23.7 Å². The molecule has 0 radical (unpaired) electrons. The molecule has 0 amide bonds. The SMILES string of the molecule is CN(C)C(C)(C)C#CC#Cc1ccc(Cl)cc1. The van der Waals surface area contributed by atoms with Crippen molar-refractivity contribution in [2.75, 3.05) is 14.1 Å². The van der Waals surface area contributed by atoms with Crippen molar-refractivity contribution < 1.29 is 0 Å². The molecule has 2 heteroatoms. The molecule has 1 aromatic carbocycles. The van der Waals surface area contributed by atoms with E-state index < -0.39 is 0 Å². The van der Waals surface area contributed by atoms with E-state index in [2.05, 4.69) is 42.4 Å². The molecule has 0 aliphatic carbocycles. The summed E-state index contributed by atoms with van der Waals surface area (Å²) in [5.41, 5.74) is 0.764. The standard InChI is InChI=1S/C15H16ClN/c1-15(2,17(3)4)12-6-5-7-13-8-10-14(16)11-9-13/h8-11H,1-4H3. The van der Waals surface area contributed by atoms with Crippen molar-refractivity contribution in [3.05, 3.63) is 34.9 Å². The highest BCUT2D eigenvalue weighted by atomic mass is 35.5. The summed E-state index contributed by atoms with van der Waals surface area (Å²) in [6.45, 7) is 4.12. The van der Waals surface area contributed by atoms with E-state index in [0.717, 1.165) is 10.6 Å². The predicted molar refractivity (Wildman–Crippen MR) is 73.9 cm³/mol. The van der Waals surface area contributed by atoms with E-state index in [9.17, 15) is 0 Å². The Morgan fingerprint density at radius 1 is 1.06 bits per heavy atom. The van der Waals surface area contributed by atoms with Gasteiger partial charge in [-0.2, -0.15) is 0 Å². The average Bonchev–Trinajstić information content (AvgIpc) is 2.26. The third-order valence-electron chi connectivity index (χ3n) is 2.60. The zero-order chi connectivity index (χ0) is 12.9. The van der Waals surface area contributed by atoms with Gasteiger partial charge in [-0.05, 0) is 64.0 Å². The van der Waals surface area contributed by atoms with Gasteiger partial charge >= 0.3 is 0 Å². The molecule has 0 saturated heterocycles. The fourth-order valence-corrected chi connectivity index (χ4v) is 1.06. The normalized spacial score (nSPS) is 10.2. The molecule has 1 nitrogen and oxygen atoms in total. The van der Waals surface area contributed by atoms with Crippen LogP contribution in [-0.2, 0) is 0 Å². The van der Waals surface area contributed by atoms with E-state index in [1.165, 1.54) is 0 Å². The Labute approximate surface area is 109 Å². The molecule has 0 spiro atoms. The van der Waals surface area contributed by atoms with Gasteiger partial charge in [0.25, 0.3) is 0 Å². The molecule has 0 fully saturated rings. The second kappa shape index (κ2) is 5.78. The molecule has 0 bridgehead atoms. The highest BCUT2D eigenvalue weighted by Gasteiger charge is 2.15. The minimum Gasteiger partial charge on any atom is -0.294 e. The van der Waals surface area contributed by atoms with E-state index in [4.69, 9.17) is 11.6 Å². The first kappa shape index (κ1) is 13.7. The quantitative estimate of drug-likeness (QED) is 0.688. The molecule has 0 atom stereocenters. The van der Waals surface area contributed by atoms with Gasteiger partial charge < -0.3 is 0 Å². The number of rotatable bonds is 1. The largest absolute Gasteiger partial charge is 0.294 e. The summed E-state index contributed by atoms with van der Waals surface area (Å²) in [5, 5.41) is 0.718. The van der Waals surface area contributed by atoms with E-state index >= 15 is 0 Å². The second-order valence-electron chi connectivity index (χ2n) is 4.46. The van der Waals surface area contributed by atoms with Crippen LogP contribution in [0.4, 0.5) is 0 Å².